The Morgan fingerprint density at radius 2 is 1.60 bits per heavy atom. The molecule has 0 spiro atoms. The Balaban J connectivity index is 0.984. The Morgan fingerprint density at radius 1 is 0.887 bits per heavy atom. The lowest BCUT2D eigenvalue weighted by atomic mass is 9.89. The molecule has 7 rings (SSSR count). The SMILES string of the molecule is Cc1cc(-c2ccnc(Nc3cnn(CCN4[C@@H](c5ncccc5C)CCC[C@H]4c4ncccc4C)c3)n2)ccc1CNC(=O)N1CC(OC(C)C)C1. The summed E-state index contributed by atoms with van der Waals surface area (Å²) in [6.07, 6.45) is 12.9. The van der Waals surface area contributed by atoms with Crippen molar-refractivity contribution in [3.63, 3.8) is 0 Å². The molecule has 0 bridgehead atoms. The van der Waals surface area contributed by atoms with Gasteiger partial charge in [-0.1, -0.05) is 24.3 Å². The predicted molar refractivity (Wildman–Crippen MR) is 206 cm³/mol. The average molecular weight is 715 g/mol. The van der Waals surface area contributed by atoms with Gasteiger partial charge < -0.3 is 20.3 Å². The van der Waals surface area contributed by atoms with Crippen LogP contribution in [0.25, 0.3) is 11.3 Å². The zero-order chi connectivity index (χ0) is 36.9. The molecule has 0 radical (unpaired) electrons. The summed E-state index contributed by atoms with van der Waals surface area (Å²) in [5, 5.41) is 11.1. The van der Waals surface area contributed by atoms with Gasteiger partial charge in [0, 0.05) is 43.4 Å². The van der Waals surface area contributed by atoms with Gasteiger partial charge in [0.1, 0.15) is 0 Å². The average Bonchev–Trinajstić information content (AvgIpc) is 3.58. The third-order valence-corrected chi connectivity index (χ3v) is 10.3. The van der Waals surface area contributed by atoms with Crippen LogP contribution in [0, 0.1) is 20.8 Å². The summed E-state index contributed by atoms with van der Waals surface area (Å²) in [5.41, 5.74) is 9.48. The summed E-state index contributed by atoms with van der Waals surface area (Å²) in [6, 6.07) is 16.8. The third kappa shape index (κ3) is 8.55. The fourth-order valence-electron chi connectivity index (χ4n) is 7.53. The van der Waals surface area contributed by atoms with Crippen molar-refractivity contribution in [3.8, 4) is 11.3 Å². The van der Waals surface area contributed by atoms with Gasteiger partial charge in [0.05, 0.1) is 72.9 Å². The number of amides is 2. The number of urea groups is 1. The molecule has 1 aromatic carbocycles. The van der Waals surface area contributed by atoms with Gasteiger partial charge in [0.15, 0.2) is 0 Å². The summed E-state index contributed by atoms with van der Waals surface area (Å²) in [7, 11) is 0. The number of aryl methyl sites for hydroxylation is 3. The third-order valence-electron chi connectivity index (χ3n) is 10.3. The number of carbonyl (C=O) groups excluding carboxylic acids is 1. The molecular weight excluding hydrogens is 665 g/mol. The van der Waals surface area contributed by atoms with Gasteiger partial charge in [-0.05, 0) is 100 Å². The molecule has 12 heteroatoms. The smallest absolute Gasteiger partial charge is 0.317 e. The standard InChI is InChI=1S/C41H50N10O2/c1-27(2)53-34-25-49(26-34)41(52)45-22-32-14-13-31(21-30(32)5)35-15-18-44-40(48-35)47-33-23-46-50(24-33)19-20-51-36(38-28(3)9-7-16-42-38)11-6-12-37(51)39-29(4)10-8-17-43-39/h7-10,13-18,21,23-24,27,34,36-37H,6,11-12,19-20,22,25-26H2,1-5H3,(H,45,52)(H,44,47,48)/t36-,37+. The molecule has 0 aliphatic carbocycles. The second-order valence-corrected chi connectivity index (χ2v) is 14.5. The Kier molecular flexibility index (Phi) is 11.1. The maximum Gasteiger partial charge on any atom is 0.317 e. The molecule has 2 amide bonds. The maximum atomic E-state index is 12.6. The van der Waals surface area contributed by atoms with Gasteiger partial charge in [0.25, 0.3) is 0 Å². The van der Waals surface area contributed by atoms with Gasteiger partial charge in [-0.15, -0.1) is 0 Å². The summed E-state index contributed by atoms with van der Waals surface area (Å²) in [4.78, 5) is 36.0. The highest BCUT2D eigenvalue weighted by molar-refractivity contribution is 5.75. The monoisotopic (exact) mass is 714 g/mol. The zero-order valence-corrected chi connectivity index (χ0v) is 31.4. The van der Waals surface area contributed by atoms with Crippen LogP contribution in [0.5, 0.6) is 0 Å². The minimum Gasteiger partial charge on any atom is -0.372 e. The molecular formula is C41H50N10O2. The van der Waals surface area contributed by atoms with Gasteiger partial charge in [-0.2, -0.15) is 5.10 Å². The lowest BCUT2D eigenvalue weighted by molar-refractivity contribution is -0.0641. The van der Waals surface area contributed by atoms with Crippen molar-refractivity contribution in [3.05, 3.63) is 113 Å². The van der Waals surface area contributed by atoms with Crippen molar-refractivity contribution in [2.45, 2.75) is 91.3 Å². The van der Waals surface area contributed by atoms with Crippen LogP contribution < -0.4 is 10.6 Å². The number of nitrogens with zero attached hydrogens (tertiary/aromatic N) is 8. The molecule has 0 unspecified atom stereocenters. The first kappa shape index (κ1) is 36.2. The molecule has 4 aromatic heterocycles. The number of piperidine rings is 1. The summed E-state index contributed by atoms with van der Waals surface area (Å²) in [6.45, 7) is 13.6. The van der Waals surface area contributed by atoms with Crippen molar-refractivity contribution in [2.75, 3.05) is 25.0 Å². The Bertz CT molecular complexity index is 1970. The molecule has 2 N–H and O–H groups in total. The van der Waals surface area contributed by atoms with E-state index in [0.717, 1.165) is 65.3 Å². The van der Waals surface area contributed by atoms with Crippen molar-refractivity contribution in [1.82, 2.24) is 44.8 Å². The summed E-state index contributed by atoms with van der Waals surface area (Å²) in [5.74, 6) is 0.498. The van der Waals surface area contributed by atoms with E-state index in [1.165, 1.54) is 11.1 Å². The molecule has 2 atom stereocenters. The van der Waals surface area contributed by atoms with Crippen LogP contribution in [-0.2, 0) is 17.8 Å². The van der Waals surface area contributed by atoms with E-state index in [9.17, 15) is 4.79 Å². The topological polar surface area (TPSA) is 126 Å². The number of rotatable bonds is 12. The Morgan fingerprint density at radius 3 is 2.26 bits per heavy atom. The number of ether oxygens (including phenoxy) is 1. The molecule has 5 aromatic rings. The quantitative estimate of drug-likeness (QED) is 0.139. The summed E-state index contributed by atoms with van der Waals surface area (Å²) < 4.78 is 7.75. The lowest BCUT2D eigenvalue weighted by Crippen LogP contribution is -2.58. The van der Waals surface area contributed by atoms with Crippen LogP contribution >= 0.6 is 0 Å². The number of carbonyl (C=O) groups is 1. The number of anilines is 2. The van der Waals surface area contributed by atoms with E-state index in [1.807, 2.05) is 73.6 Å². The number of hydrogen-bond acceptors (Lipinski definition) is 9. The lowest BCUT2D eigenvalue weighted by Gasteiger charge is -2.42. The Hall–Kier alpha value is -5.20. The molecule has 2 aliphatic rings. The number of pyridine rings is 2. The zero-order valence-electron chi connectivity index (χ0n) is 31.4. The first-order valence-corrected chi connectivity index (χ1v) is 18.7. The van der Waals surface area contributed by atoms with Crippen LogP contribution in [0.3, 0.4) is 0 Å². The van der Waals surface area contributed by atoms with Crippen molar-refractivity contribution in [1.29, 1.82) is 0 Å². The van der Waals surface area contributed by atoms with Gasteiger partial charge in [-0.3, -0.25) is 19.5 Å². The predicted octanol–water partition coefficient (Wildman–Crippen LogP) is 7.09. The molecule has 53 heavy (non-hydrogen) atoms. The molecule has 0 saturated carbocycles. The van der Waals surface area contributed by atoms with Crippen LogP contribution in [0.4, 0.5) is 16.4 Å². The van der Waals surface area contributed by atoms with Gasteiger partial charge in [-0.25, -0.2) is 14.8 Å². The van der Waals surface area contributed by atoms with E-state index in [-0.39, 0.29) is 30.3 Å². The molecule has 2 saturated heterocycles. The molecule has 6 heterocycles. The van der Waals surface area contributed by atoms with E-state index >= 15 is 0 Å². The van der Waals surface area contributed by atoms with Crippen molar-refractivity contribution < 1.29 is 9.53 Å². The van der Waals surface area contributed by atoms with Crippen LogP contribution in [0.1, 0.15) is 78.8 Å². The Labute approximate surface area is 312 Å². The van der Waals surface area contributed by atoms with Crippen LogP contribution in [0.2, 0.25) is 0 Å². The second kappa shape index (κ2) is 16.2. The van der Waals surface area contributed by atoms with E-state index in [1.54, 1.807) is 11.1 Å². The molecule has 2 aliphatic heterocycles. The molecule has 276 valence electrons. The number of likely N-dealkylation sites (tertiary alicyclic amines) is 2. The maximum absolute atomic E-state index is 12.6. The first-order chi connectivity index (χ1) is 25.7. The minimum atomic E-state index is -0.0639. The fourth-order valence-corrected chi connectivity index (χ4v) is 7.53. The van der Waals surface area contributed by atoms with Gasteiger partial charge >= 0.3 is 6.03 Å². The number of nitrogens with one attached hydrogen (secondary N) is 2. The molecule has 12 nitrogen and oxygen atoms in total. The van der Waals surface area contributed by atoms with Crippen LogP contribution in [0.15, 0.2) is 79.5 Å². The largest absolute Gasteiger partial charge is 0.372 e. The normalized spacial score (nSPS) is 17.9. The number of hydrogen-bond donors (Lipinski definition) is 2. The van der Waals surface area contributed by atoms with Gasteiger partial charge in [0.2, 0.25) is 5.95 Å². The van der Waals surface area contributed by atoms with E-state index in [2.05, 4.69) is 59.5 Å². The van der Waals surface area contributed by atoms with E-state index < -0.39 is 0 Å². The number of benzene rings is 1. The van der Waals surface area contributed by atoms with E-state index in [4.69, 9.17) is 24.8 Å². The first-order valence-electron chi connectivity index (χ1n) is 18.7. The highest BCUT2D eigenvalue weighted by atomic mass is 16.5. The summed E-state index contributed by atoms with van der Waals surface area (Å²) >= 11 is 0. The van der Waals surface area contributed by atoms with Crippen LogP contribution in [-0.4, -0.2) is 77.4 Å². The van der Waals surface area contributed by atoms with Crippen molar-refractivity contribution >= 4 is 17.7 Å². The highest BCUT2D eigenvalue weighted by Gasteiger charge is 2.35. The van der Waals surface area contributed by atoms with Crippen molar-refractivity contribution in [2.24, 2.45) is 0 Å². The highest BCUT2D eigenvalue weighted by Crippen LogP contribution is 2.42. The molecule has 2 fully saturated rings. The minimum absolute atomic E-state index is 0.0639. The second-order valence-electron chi connectivity index (χ2n) is 14.5. The van der Waals surface area contributed by atoms with E-state index in [0.29, 0.717) is 32.1 Å². The number of aromatic nitrogens is 6. The fraction of sp³-hybridized carbons (Fsp3) is 0.415.